The first kappa shape index (κ1) is 24.4. The smallest absolute Gasteiger partial charge is 0.339 e. The van der Waals surface area contributed by atoms with Gasteiger partial charge in [0.15, 0.2) is 5.78 Å². The minimum absolute atomic E-state index is 0.0197. The van der Waals surface area contributed by atoms with Crippen LogP contribution in [-0.4, -0.2) is 24.3 Å². The number of allylic oxidation sites excluding steroid dienone is 1. The van der Waals surface area contributed by atoms with Crippen molar-refractivity contribution < 1.29 is 19.1 Å². The van der Waals surface area contributed by atoms with Crippen molar-refractivity contribution in [2.75, 3.05) is 16.8 Å². The SMILES string of the molecule is CCOC(=O)C1=C(N)N(c2ccc(Cl)cc2Cl)C2=C(C(=O)CC(C)(C)C2)C12C(=O)Nc1ccccc12. The Kier molecular flexibility index (Phi) is 5.69. The predicted molar refractivity (Wildman–Crippen MR) is 139 cm³/mol. The Balaban J connectivity index is 1.93. The maximum absolute atomic E-state index is 14.0. The number of anilines is 2. The molecule has 1 unspecified atom stereocenters. The number of nitrogens with two attached hydrogens (primary N) is 1. The summed E-state index contributed by atoms with van der Waals surface area (Å²) in [5.41, 5.74) is 6.71. The Morgan fingerprint density at radius 2 is 1.86 bits per heavy atom. The highest BCUT2D eigenvalue weighted by Crippen LogP contribution is 2.57. The van der Waals surface area contributed by atoms with Gasteiger partial charge in [-0.2, -0.15) is 0 Å². The number of nitrogens with one attached hydrogen (secondary N) is 1. The van der Waals surface area contributed by atoms with Crippen molar-refractivity contribution in [3.05, 3.63) is 80.7 Å². The van der Waals surface area contributed by atoms with Gasteiger partial charge >= 0.3 is 5.97 Å². The van der Waals surface area contributed by atoms with Crippen LogP contribution in [0.25, 0.3) is 0 Å². The van der Waals surface area contributed by atoms with E-state index in [0.717, 1.165) is 0 Å². The molecule has 1 atom stereocenters. The minimum atomic E-state index is -1.74. The van der Waals surface area contributed by atoms with E-state index < -0.39 is 22.7 Å². The van der Waals surface area contributed by atoms with Crippen molar-refractivity contribution in [2.24, 2.45) is 11.1 Å². The summed E-state index contributed by atoms with van der Waals surface area (Å²) in [6.45, 7) is 5.68. The second-order valence-electron chi connectivity index (χ2n) is 9.92. The summed E-state index contributed by atoms with van der Waals surface area (Å²) in [6.07, 6.45) is 0.613. The van der Waals surface area contributed by atoms with Crippen LogP contribution in [0, 0.1) is 5.41 Å². The lowest BCUT2D eigenvalue weighted by molar-refractivity contribution is -0.140. The van der Waals surface area contributed by atoms with E-state index in [9.17, 15) is 14.4 Å². The fraction of sp³-hybridized carbons (Fsp3) is 0.296. The van der Waals surface area contributed by atoms with Gasteiger partial charge in [-0.25, -0.2) is 4.79 Å². The molecule has 9 heteroatoms. The molecule has 0 fully saturated rings. The van der Waals surface area contributed by atoms with E-state index >= 15 is 0 Å². The van der Waals surface area contributed by atoms with Crippen LogP contribution >= 0.6 is 23.2 Å². The lowest BCUT2D eigenvalue weighted by Gasteiger charge is -2.47. The third kappa shape index (κ3) is 3.37. The van der Waals surface area contributed by atoms with Crippen LogP contribution in [-0.2, 0) is 24.5 Å². The van der Waals surface area contributed by atoms with Crippen molar-refractivity contribution in [2.45, 2.75) is 39.0 Å². The van der Waals surface area contributed by atoms with E-state index in [1.54, 1.807) is 54.3 Å². The first-order chi connectivity index (χ1) is 17.0. The van der Waals surface area contributed by atoms with Crippen molar-refractivity contribution in [1.29, 1.82) is 0 Å². The van der Waals surface area contributed by atoms with Gasteiger partial charge in [0.2, 0.25) is 5.91 Å². The van der Waals surface area contributed by atoms with Crippen LogP contribution in [0.5, 0.6) is 0 Å². The quantitative estimate of drug-likeness (QED) is 0.541. The van der Waals surface area contributed by atoms with E-state index in [4.69, 9.17) is 33.7 Å². The molecular formula is C27H25Cl2N3O4. The van der Waals surface area contributed by atoms with Crippen LogP contribution < -0.4 is 16.0 Å². The number of Topliss-reactive ketones (excluding diaryl/α,β-unsaturated/α-hetero) is 1. The van der Waals surface area contributed by atoms with E-state index in [2.05, 4.69) is 5.32 Å². The van der Waals surface area contributed by atoms with E-state index in [1.807, 2.05) is 13.8 Å². The van der Waals surface area contributed by atoms with Crippen LogP contribution in [0.1, 0.15) is 39.2 Å². The fourth-order valence-corrected chi connectivity index (χ4v) is 6.12. The summed E-state index contributed by atoms with van der Waals surface area (Å²) >= 11 is 12.8. The molecule has 5 rings (SSSR count). The van der Waals surface area contributed by atoms with Crippen LogP contribution in [0.3, 0.4) is 0 Å². The molecule has 2 aliphatic heterocycles. The normalized spacial score (nSPS) is 22.5. The standard InChI is InChI=1S/C27H25Cl2N3O4/c1-4-36-24(34)22-23(30)32(18-10-9-14(28)11-16(18)29)19-12-26(2,3)13-20(33)21(19)27(22)15-7-5-6-8-17(15)31-25(27)35/h5-11H,4,12-13,30H2,1-3H3,(H,31,35). The van der Waals surface area contributed by atoms with Crippen LogP contribution in [0.2, 0.25) is 10.0 Å². The van der Waals surface area contributed by atoms with Crippen LogP contribution in [0.4, 0.5) is 11.4 Å². The molecular weight excluding hydrogens is 501 g/mol. The van der Waals surface area contributed by atoms with Crippen molar-refractivity contribution in [1.82, 2.24) is 0 Å². The second-order valence-corrected chi connectivity index (χ2v) is 10.8. The molecule has 0 aromatic heterocycles. The molecule has 1 spiro atoms. The van der Waals surface area contributed by atoms with Crippen molar-refractivity contribution in [3.63, 3.8) is 0 Å². The zero-order valence-corrected chi connectivity index (χ0v) is 21.6. The molecule has 1 amide bonds. The van der Waals surface area contributed by atoms with Crippen molar-refractivity contribution >= 4 is 52.2 Å². The molecule has 0 saturated carbocycles. The Labute approximate surface area is 218 Å². The molecule has 2 aromatic rings. The number of halogens is 2. The topological polar surface area (TPSA) is 102 Å². The number of para-hydroxylation sites is 1. The Hall–Kier alpha value is -3.29. The maximum Gasteiger partial charge on any atom is 0.339 e. The summed E-state index contributed by atoms with van der Waals surface area (Å²) in [4.78, 5) is 43.1. The molecule has 186 valence electrons. The molecule has 1 aliphatic carbocycles. The first-order valence-electron chi connectivity index (χ1n) is 11.6. The maximum atomic E-state index is 14.0. The number of ketones is 1. The summed E-state index contributed by atoms with van der Waals surface area (Å²) < 4.78 is 5.42. The van der Waals surface area contributed by atoms with Gasteiger partial charge in [0, 0.05) is 34.0 Å². The lowest BCUT2D eigenvalue weighted by Crippen LogP contribution is -2.54. The van der Waals surface area contributed by atoms with Gasteiger partial charge in [0.1, 0.15) is 16.8 Å². The zero-order chi connectivity index (χ0) is 26.0. The number of amides is 1. The zero-order valence-electron chi connectivity index (χ0n) is 20.1. The third-order valence-corrected chi connectivity index (χ3v) is 7.46. The van der Waals surface area contributed by atoms with Crippen molar-refractivity contribution in [3.8, 4) is 0 Å². The average Bonchev–Trinajstić information content (AvgIpc) is 3.06. The summed E-state index contributed by atoms with van der Waals surface area (Å²) in [5.74, 6) is -1.55. The second kappa shape index (κ2) is 8.39. The number of rotatable bonds is 3. The third-order valence-electron chi connectivity index (χ3n) is 6.92. The molecule has 2 heterocycles. The van der Waals surface area contributed by atoms with E-state index in [-0.39, 0.29) is 40.8 Å². The molecule has 0 radical (unpaired) electrons. The highest BCUT2D eigenvalue weighted by molar-refractivity contribution is 6.36. The van der Waals surface area contributed by atoms with Gasteiger partial charge in [-0.15, -0.1) is 0 Å². The molecule has 2 aromatic carbocycles. The fourth-order valence-electron chi connectivity index (χ4n) is 5.63. The number of fused-ring (bicyclic) bond motifs is 3. The number of nitrogens with zero attached hydrogens (tertiary/aromatic N) is 1. The summed E-state index contributed by atoms with van der Waals surface area (Å²) in [5, 5.41) is 3.57. The summed E-state index contributed by atoms with van der Waals surface area (Å²) in [6, 6.07) is 11.9. The highest BCUT2D eigenvalue weighted by Gasteiger charge is 2.63. The number of hydrogen-bond donors (Lipinski definition) is 2. The average molecular weight is 526 g/mol. The Morgan fingerprint density at radius 3 is 2.56 bits per heavy atom. The molecule has 3 N–H and O–H groups in total. The number of esters is 1. The summed E-state index contributed by atoms with van der Waals surface area (Å²) in [7, 11) is 0. The van der Waals surface area contributed by atoms with Crippen LogP contribution in [0.15, 0.2) is 65.1 Å². The monoisotopic (exact) mass is 525 g/mol. The molecule has 0 saturated heterocycles. The number of carbonyl (C=O) groups excluding carboxylic acids is 3. The van der Waals surface area contributed by atoms with Gasteiger partial charge in [-0.1, -0.05) is 55.2 Å². The number of carbonyl (C=O) groups is 3. The van der Waals surface area contributed by atoms with E-state index in [0.29, 0.717) is 34.1 Å². The van der Waals surface area contributed by atoms with Gasteiger partial charge in [-0.3, -0.25) is 14.5 Å². The molecule has 7 nitrogen and oxygen atoms in total. The van der Waals surface area contributed by atoms with Gasteiger partial charge in [0.25, 0.3) is 0 Å². The number of benzene rings is 2. The van der Waals surface area contributed by atoms with Gasteiger partial charge in [0.05, 0.1) is 17.3 Å². The highest BCUT2D eigenvalue weighted by atomic mass is 35.5. The lowest BCUT2D eigenvalue weighted by atomic mass is 9.60. The molecule has 36 heavy (non-hydrogen) atoms. The largest absolute Gasteiger partial charge is 0.462 e. The Bertz CT molecular complexity index is 1410. The number of hydrogen-bond acceptors (Lipinski definition) is 6. The van der Waals surface area contributed by atoms with Gasteiger partial charge in [-0.05, 0) is 43.0 Å². The molecule has 0 bridgehead atoms. The first-order valence-corrected chi connectivity index (χ1v) is 12.4. The Morgan fingerprint density at radius 1 is 1.14 bits per heavy atom. The minimum Gasteiger partial charge on any atom is -0.462 e. The van der Waals surface area contributed by atoms with E-state index in [1.165, 1.54) is 0 Å². The predicted octanol–water partition coefficient (Wildman–Crippen LogP) is 5.08. The number of ether oxygens (including phenoxy) is 1. The molecule has 3 aliphatic rings. The van der Waals surface area contributed by atoms with Gasteiger partial charge < -0.3 is 15.8 Å².